The fourth-order valence-corrected chi connectivity index (χ4v) is 4.74. The van der Waals surface area contributed by atoms with Gasteiger partial charge in [0.25, 0.3) is 5.56 Å². The molecule has 6 heteroatoms. The number of carbonyl (C=O) groups excluding carboxylic acids is 1. The molecule has 0 saturated heterocycles. The molecule has 1 fully saturated rings. The third-order valence-corrected chi connectivity index (χ3v) is 6.87. The second-order valence-electron chi connectivity index (χ2n) is 7.30. The van der Waals surface area contributed by atoms with Gasteiger partial charge in [-0.15, -0.1) is 11.8 Å². The lowest BCUT2D eigenvalue weighted by Gasteiger charge is -2.34. The molecule has 26 heavy (non-hydrogen) atoms. The fraction of sp³-hybridized carbons (Fsp3) is 0.500. The highest BCUT2D eigenvalue weighted by Gasteiger charge is 2.28. The van der Waals surface area contributed by atoms with E-state index < -0.39 is 0 Å². The summed E-state index contributed by atoms with van der Waals surface area (Å²) in [6.07, 6.45) is 3.46. The van der Waals surface area contributed by atoms with Crippen LogP contribution in [0, 0.1) is 11.8 Å². The van der Waals surface area contributed by atoms with Gasteiger partial charge < -0.3 is 9.88 Å². The second kappa shape index (κ2) is 8.05. The van der Waals surface area contributed by atoms with Gasteiger partial charge in [0, 0.05) is 34.5 Å². The Bertz CT molecular complexity index is 880. The third kappa shape index (κ3) is 4.09. The van der Waals surface area contributed by atoms with Crippen LogP contribution in [-0.2, 0) is 11.8 Å². The summed E-state index contributed by atoms with van der Waals surface area (Å²) in [5.41, 5.74) is 0.681. The van der Waals surface area contributed by atoms with Gasteiger partial charge in [0.2, 0.25) is 5.91 Å². The Kier molecular flexibility index (Phi) is 5.98. The second-order valence-corrected chi connectivity index (χ2v) is 8.75. The number of fused-ring (bicyclic) bond motifs is 1. The molecule has 140 valence electrons. The van der Waals surface area contributed by atoms with Gasteiger partial charge in [-0.2, -0.15) is 0 Å². The number of benzene rings is 1. The van der Waals surface area contributed by atoms with Crippen LogP contribution in [0.1, 0.15) is 33.1 Å². The zero-order valence-corrected chi connectivity index (χ0v) is 17.0. The molecule has 0 unspecified atom stereocenters. The molecule has 1 heterocycles. The van der Waals surface area contributed by atoms with E-state index in [0.29, 0.717) is 22.6 Å². The standard InChI is InChI=1S/C20H25ClN2O2S/c1-12-5-4-6-16(13(12)2)22-19(24)11-26-18-10-20(25)23(3)17-9-14(21)7-8-15(17)18/h7-10,12-13,16H,4-6,11H2,1-3H3,(H,22,24)/t12-,13-,16+/m1/s1. The lowest BCUT2D eigenvalue weighted by Crippen LogP contribution is -2.44. The van der Waals surface area contributed by atoms with Gasteiger partial charge in [-0.1, -0.05) is 44.4 Å². The maximum Gasteiger partial charge on any atom is 0.251 e. The summed E-state index contributed by atoms with van der Waals surface area (Å²) < 4.78 is 1.58. The van der Waals surface area contributed by atoms with E-state index in [4.69, 9.17) is 11.6 Å². The van der Waals surface area contributed by atoms with Crippen LogP contribution in [0.2, 0.25) is 5.02 Å². The Hall–Kier alpha value is -1.46. The molecule has 0 bridgehead atoms. The molecular weight excluding hydrogens is 368 g/mol. The average molecular weight is 393 g/mol. The summed E-state index contributed by atoms with van der Waals surface area (Å²) in [6, 6.07) is 7.35. The van der Waals surface area contributed by atoms with Gasteiger partial charge in [0.05, 0.1) is 11.3 Å². The van der Waals surface area contributed by atoms with Crippen LogP contribution in [0.3, 0.4) is 0 Å². The minimum absolute atomic E-state index is 0.0312. The van der Waals surface area contributed by atoms with Crippen molar-refractivity contribution in [1.82, 2.24) is 9.88 Å². The summed E-state index contributed by atoms with van der Waals surface area (Å²) in [5, 5.41) is 4.72. The number of hydrogen-bond donors (Lipinski definition) is 1. The van der Waals surface area contributed by atoms with Crippen molar-refractivity contribution in [2.75, 3.05) is 5.75 Å². The topological polar surface area (TPSA) is 51.1 Å². The quantitative estimate of drug-likeness (QED) is 0.792. The normalized spacial score (nSPS) is 23.2. The van der Waals surface area contributed by atoms with Gasteiger partial charge in [-0.3, -0.25) is 9.59 Å². The molecule has 1 N–H and O–H groups in total. The van der Waals surface area contributed by atoms with E-state index in [0.717, 1.165) is 22.2 Å². The van der Waals surface area contributed by atoms with Crippen LogP contribution in [0.5, 0.6) is 0 Å². The van der Waals surface area contributed by atoms with Gasteiger partial charge in [0.15, 0.2) is 0 Å². The van der Waals surface area contributed by atoms with Crippen molar-refractivity contribution in [2.24, 2.45) is 18.9 Å². The summed E-state index contributed by atoms with van der Waals surface area (Å²) in [7, 11) is 1.73. The van der Waals surface area contributed by atoms with Crippen LogP contribution >= 0.6 is 23.4 Å². The molecule has 0 aliphatic heterocycles. The molecule has 1 aliphatic rings. The molecule has 2 aromatic rings. The maximum atomic E-state index is 12.4. The molecule has 1 amide bonds. The van der Waals surface area contributed by atoms with Gasteiger partial charge in [0.1, 0.15) is 0 Å². The first kappa shape index (κ1) is 19.3. The van der Waals surface area contributed by atoms with Crippen molar-refractivity contribution in [1.29, 1.82) is 0 Å². The SMILES string of the molecule is C[C@@H]1[C@H](C)CCC[C@@H]1NC(=O)CSc1cc(=O)n(C)c2cc(Cl)ccc12. The smallest absolute Gasteiger partial charge is 0.251 e. The minimum Gasteiger partial charge on any atom is -0.352 e. The van der Waals surface area contributed by atoms with Crippen LogP contribution in [0.4, 0.5) is 0 Å². The zero-order chi connectivity index (χ0) is 18.8. The lowest BCUT2D eigenvalue weighted by molar-refractivity contribution is -0.119. The predicted molar refractivity (Wildman–Crippen MR) is 109 cm³/mol. The van der Waals surface area contributed by atoms with Crippen molar-refractivity contribution < 1.29 is 4.79 Å². The van der Waals surface area contributed by atoms with Gasteiger partial charge in [-0.05, 0) is 30.4 Å². The number of carbonyl (C=O) groups is 1. The molecule has 4 nitrogen and oxygen atoms in total. The number of amides is 1. The molecule has 1 aromatic heterocycles. The van der Waals surface area contributed by atoms with E-state index in [9.17, 15) is 9.59 Å². The van der Waals surface area contributed by atoms with E-state index in [1.54, 1.807) is 23.7 Å². The largest absolute Gasteiger partial charge is 0.352 e. The van der Waals surface area contributed by atoms with Crippen LogP contribution in [0.25, 0.3) is 10.9 Å². The molecular formula is C20H25ClN2O2S. The number of halogens is 1. The van der Waals surface area contributed by atoms with Gasteiger partial charge in [-0.25, -0.2) is 0 Å². The first-order valence-electron chi connectivity index (χ1n) is 9.08. The number of nitrogens with zero attached hydrogens (tertiary/aromatic N) is 1. The average Bonchev–Trinajstić information content (AvgIpc) is 2.61. The zero-order valence-electron chi connectivity index (χ0n) is 15.4. The predicted octanol–water partition coefficient (Wildman–Crippen LogP) is 4.22. The first-order chi connectivity index (χ1) is 12.4. The van der Waals surface area contributed by atoms with Crippen LogP contribution in [-0.4, -0.2) is 22.3 Å². The van der Waals surface area contributed by atoms with E-state index in [2.05, 4.69) is 19.2 Å². The number of rotatable bonds is 4. The van der Waals surface area contributed by atoms with Crippen molar-refractivity contribution >= 4 is 40.2 Å². The number of aryl methyl sites for hydroxylation is 1. The molecule has 1 saturated carbocycles. The molecule has 3 atom stereocenters. The molecule has 1 aromatic carbocycles. The molecule has 0 spiro atoms. The van der Waals surface area contributed by atoms with E-state index in [-0.39, 0.29) is 17.5 Å². The fourth-order valence-electron chi connectivity index (χ4n) is 3.69. The lowest BCUT2D eigenvalue weighted by atomic mass is 9.78. The van der Waals surface area contributed by atoms with Crippen molar-refractivity contribution in [3.8, 4) is 0 Å². The van der Waals surface area contributed by atoms with Crippen LogP contribution < -0.4 is 10.9 Å². The Morgan fingerprint density at radius 1 is 1.31 bits per heavy atom. The Morgan fingerprint density at radius 2 is 2.08 bits per heavy atom. The minimum atomic E-state index is -0.0996. The van der Waals surface area contributed by atoms with Crippen LogP contribution in [0.15, 0.2) is 34.0 Å². The summed E-state index contributed by atoms with van der Waals surface area (Å²) in [5.74, 6) is 1.49. The Labute approximate surface area is 163 Å². The van der Waals surface area contributed by atoms with E-state index in [1.807, 2.05) is 12.1 Å². The van der Waals surface area contributed by atoms with E-state index >= 15 is 0 Å². The third-order valence-electron chi connectivity index (χ3n) is 5.58. The highest BCUT2D eigenvalue weighted by atomic mass is 35.5. The summed E-state index contributed by atoms with van der Waals surface area (Å²) >= 11 is 7.48. The Balaban J connectivity index is 1.72. The number of thioether (sulfide) groups is 1. The highest BCUT2D eigenvalue weighted by Crippen LogP contribution is 2.30. The number of aromatic nitrogens is 1. The first-order valence-corrected chi connectivity index (χ1v) is 10.4. The van der Waals surface area contributed by atoms with Crippen molar-refractivity contribution in [2.45, 2.75) is 44.0 Å². The van der Waals surface area contributed by atoms with E-state index in [1.165, 1.54) is 24.6 Å². The number of pyridine rings is 1. The molecule has 0 radical (unpaired) electrons. The number of hydrogen-bond acceptors (Lipinski definition) is 3. The number of nitrogens with one attached hydrogen (secondary N) is 1. The Morgan fingerprint density at radius 3 is 2.85 bits per heavy atom. The molecule has 3 rings (SSSR count). The maximum absolute atomic E-state index is 12.4. The molecule has 1 aliphatic carbocycles. The highest BCUT2D eigenvalue weighted by molar-refractivity contribution is 8.00. The summed E-state index contributed by atoms with van der Waals surface area (Å²) in [4.78, 5) is 25.5. The van der Waals surface area contributed by atoms with Gasteiger partial charge >= 0.3 is 0 Å². The van der Waals surface area contributed by atoms with Crippen molar-refractivity contribution in [3.63, 3.8) is 0 Å². The van der Waals surface area contributed by atoms with Crippen molar-refractivity contribution in [3.05, 3.63) is 39.6 Å². The monoisotopic (exact) mass is 392 g/mol. The summed E-state index contributed by atoms with van der Waals surface area (Å²) in [6.45, 7) is 4.48.